The number of hydrogen-bond donors (Lipinski definition) is 0. The topological polar surface area (TPSA) is 192 Å². The van der Waals surface area contributed by atoms with Crippen LogP contribution in [0.4, 0.5) is 0 Å². The summed E-state index contributed by atoms with van der Waals surface area (Å²) in [6, 6.07) is 0. The van der Waals surface area contributed by atoms with Gasteiger partial charge in [-0.05, 0) is 117 Å². The minimum absolute atomic E-state index is 0.00740. The Balaban J connectivity index is 0.000000158. The van der Waals surface area contributed by atoms with Crippen LogP contribution in [0.3, 0.4) is 0 Å². The van der Waals surface area contributed by atoms with E-state index in [1.807, 2.05) is 0 Å². The molecule has 14 atom stereocenters. The minimum Gasteiger partial charge on any atom is -0.465 e. The fraction of sp³-hybridized carbons (Fsp3) is 0.913. The molecule has 14 unspecified atom stereocenters. The van der Waals surface area contributed by atoms with Gasteiger partial charge in [-0.15, -0.1) is 0 Å². The lowest BCUT2D eigenvalue weighted by atomic mass is 9.82. The van der Waals surface area contributed by atoms with E-state index in [2.05, 4.69) is 27.7 Å². The molecule has 6 saturated heterocycles. The molecular weight excluding hydrogens is 808 g/mol. The zero-order chi connectivity index (χ0) is 43.3. The van der Waals surface area contributed by atoms with Crippen LogP contribution in [0.5, 0.6) is 0 Å². The van der Waals surface area contributed by atoms with Gasteiger partial charge in [0.1, 0.15) is 18.8 Å². The van der Waals surface area contributed by atoms with E-state index < -0.39 is 18.0 Å². The summed E-state index contributed by atoms with van der Waals surface area (Å²) in [5.74, 6) is -0.176. The summed E-state index contributed by atoms with van der Waals surface area (Å²) in [6.07, 6.45) is 12.2. The van der Waals surface area contributed by atoms with Crippen molar-refractivity contribution in [3.63, 3.8) is 0 Å². The second-order valence-electron chi connectivity index (χ2n) is 20.7. The van der Waals surface area contributed by atoms with Crippen molar-refractivity contribution in [2.75, 3.05) is 39.6 Å². The number of carbonyl (C=O) groups is 4. The van der Waals surface area contributed by atoms with E-state index >= 15 is 0 Å². The molecule has 10 fully saturated rings. The molecule has 0 spiro atoms. The molecule has 16 heteroatoms. The van der Waals surface area contributed by atoms with Gasteiger partial charge in [0.2, 0.25) is 0 Å². The second kappa shape index (κ2) is 18.1. The highest BCUT2D eigenvalue weighted by molar-refractivity contribution is 5.78. The van der Waals surface area contributed by atoms with Crippen molar-refractivity contribution >= 4 is 23.9 Å². The molecule has 6 aliphatic heterocycles. The highest BCUT2D eigenvalue weighted by Gasteiger charge is 2.59. The van der Waals surface area contributed by atoms with Gasteiger partial charge in [0.15, 0.2) is 12.6 Å². The van der Waals surface area contributed by atoms with Gasteiger partial charge in [0.05, 0.1) is 106 Å². The first-order chi connectivity index (χ1) is 29.7. The molecule has 0 bridgehead atoms. The smallest absolute Gasteiger partial charge is 0.306 e. The van der Waals surface area contributed by atoms with Crippen LogP contribution in [0.25, 0.3) is 0 Å². The quantitative estimate of drug-likeness (QED) is 0.121. The van der Waals surface area contributed by atoms with Crippen molar-refractivity contribution in [1.29, 1.82) is 0 Å². The number of esters is 4. The third-order valence-electron chi connectivity index (χ3n) is 15.6. The molecule has 0 amide bonds. The Morgan fingerprint density at radius 3 is 1.35 bits per heavy atom. The maximum atomic E-state index is 12.1. The van der Waals surface area contributed by atoms with Gasteiger partial charge in [-0.1, -0.05) is 0 Å². The van der Waals surface area contributed by atoms with Gasteiger partial charge in [-0.3, -0.25) is 19.2 Å². The molecule has 0 aromatic carbocycles. The van der Waals surface area contributed by atoms with E-state index in [1.165, 1.54) is 0 Å². The average molecular weight is 877 g/mol. The zero-order valence-corrected chi connectivity index (χ0v) is 37.0. The highest BCUT2D eigenvalue weighted by Crippen LogP contribution is 2.53. The second-order valence-corrected chi connectivity index (χ2v) is 20.7. The van der Waals surface area contributed by atoms with Crippen LogP contribution in [-0.4, -0.2) is 135 Å². The zero-order valence-electron chi connectivity index (χ0n) is 37.0. The lowest BCUT2D eigenvalue weighted by Gasteiger charge is -2.35. The molecular formula is C46H68O16. The number of hydrogen-bond acceptors (Lipinski definition) is 16. The predicted molar refractivity (Wildman–Crippen MR) is 214 cm³/mol. The molecule has 16 nitrogen and oxygen atoms in total. The van der Waals surface area contributed by atoms with Crippen molar-refractivity contribution in [3.8, 4) is 0 Å². The molecule has 10 aliphatic rings. The molecule has 6 heterocycles. The Labute approximate surface area is 364 Å². The average Bonchev–Trinajstić information content (AvgIpc) is 4.22. The van der Waals surface area contributed by atoms with Crippen LogP contribution >= 0.6 is 0 Å². The van der Waals surface area contributed by atoms with E-state index in [0.29, 0.717) is 81.1 Å². The van der Waals surface area contributed by atoms with E-state index in [0.717, 1.165) is 77.0 Å². The number of rotatable bonds is 15. The van der Waals surface area contributed by atoms with Crippen molar-refractivity contribution in [1.82, 2.24) is 0 Å². The molecule has 0 radical (unpaired) electrons. The van der Waals surface area contributed by atoms with E-state index in [9.17, 15) is 19.2 Å². The summed E-state index contributed by atoms with van der Waals surface area (Å²) in [6.45, 7) is 10.6. The lowest BCUT2D eigenvalue weighted by molar-refractivity contribution is -0.246. The van der Waals surface area contributed by atoms with Crippen molar-refractivity contribution in [2.24, 2.45) is 23.7 Å². The summed E-state index contributed by atoms with van der Waals surface area (Å²) in [5.41, 5.74) is 0.296. The lowest BCUT2D eigenvalue weighted by Crippen LogP contribution is -2.43. The number of ether oxygens (including phenoxy) is 12. The Kier molecular flexibility index (Phi) is 13.1. The molecule has 0 aromatic heterocycles. The molecule has 0 N–H and O–H groups in total. The molecule has 4 saturated carbocycles. The van der Waals surface area contributed by atoms with E-state index in [-0.39, 0.29) is 85.3 Å². The van der Waals surface area contributed by atoms with Crippen molar-refractivity contribution in [3.05, 3.63) is 0 Å². The molecule has 0 aromatic rings. The third-order valence-corrected chi connectivity index (χ3v) is 15.6. The van der Waals surface area contributed by atoms with Gasteiger partial charge in [0.25, 0.3) is 0 Å². The monoisotopic (exact) mass is 876 g/mol. The van der Waals surface area contributed by atoms with Crippen LogP contribution in [0, 0.1) is 23.7 Å². The van der Waals surface area contributed by atoms with Gasteiger partial charge in [-0.25, -0.2) is 0 Å². The highest BCUT2D eigenvalue weighted by atomic mass is 16.7. The normalized spacial score (nSPS) is 45.5. The summed E-state index contributed by atoms with van der Waals surface area (Å²) in [5, 5.41) is 0. The fourth-order valence-electron chi connectivity index (χ4n) is 10.7. The molecule has 62 heavy (non-hydrogen) atoms. The Morgan fingerprint density at radius 2 is 0.887 bits per heavy atom. The van der Waals surface area contributed by atoms with Crippen LogP contribution in [0.1, 0.15) is 130 Å². The standard InChI is InChI=1S/2C23H34O8/c1-22-7-5-14(9-17(22)30-22)11-26-19(24)3-4-20(25)29-16-12-27-21(28-13-16)15-6-8-23(2)18(10-15)31-23;1-22-7-5-14(9-17(22)30-22)11-26-19(24)3-4-20(25)27-12-16-13-28-21(29-16)15-6-8-23(2)18(10-15)31-23/h2*14-18,21H,3-13H2,1-2H3. The number of fused-ring (bicyclic) bond motifs is 4. The van der Waals surface area contributed by atoms with E-state index in [4.69, 9.17) is 56.8 Å². The maximum Gasteiger partial charge on any atom is 0.306 e. The largest absolute Gasteiger partial charge is 0.465 e. The molecule has 348 valence electrons. The van der Waals surface area contributed by atoms with Crippen LogP contribution in [0.15, 0.2) is 0 Å². The SMILES string of the molecule is CC12CCC(COC(=O)CCC(=O)OC3COC(C4CCC5(C)OC5C4)OC3)CC1O2.CC12CCC(COC(=O)CCC(=O)OCC3COC(C4CCC5(C)OC5C4)O3)CC1O2. The Morgan fingerprint density at radius 1 is 0.484 bits per heavy atom. The minimum atomic E-state index is -0.430. The number of epoxide rings is 4. The first-order valence-electron chi connectivity index (χ1n) is 23.5. The summed E-state index contributed by atoms with van der Waals surface area (Å²) < 4.78 is 67.6. The van der Waals surface area contributed by atoms with Crippen LogP contribution < -0.4 is 0 Å². The van der Waals surface area contributed by atoms with Crippen molar-refractivity contribution in [2.45, 2.75) is 202 Å². The predicted octanol–water partition coefficient (Wildman–Crippen LogP) is 5.02. The van der Waals surface area contributed by atoms with E-state index in [1.54, 1.807) is 0 Å². The first kappa shape index (κ1) is 44.7. The summed E-state index contributed by atoms with van der Waals surface area (Å²) >= 11 is 0. The fourth-order valence-corrected chi connectivity index (χ4v) is 10.7. The van der Waals surface area contributed by atoms with Crippen LogP contribution in [-0.2, 0) is 76.0 Å². The summed E-state index contributed by atoms with van der Waals surface area (Å²) in [4.78, 5) is 48.0. The van der Waals surface area contributed by atoms with Gasteiger partial charge in [0, 0.05) is 11.8 Å². The Bertz CT molecular complexity index is 1620. The number of carbonyl (C=O) groups excluding carboxylic acids is 4. The van der Waals surface area contributed by atoms with Crippen LogP contribution in [0.2, 0.25) is 0 Å². The third kappa shape index (κ3) is 11.0. The molecule has 10 rings (SSSR count). The first-order valence-corrected chi connectivity index (χ1v) is 23.5. The Hall–Kier alpha value is -2.44. The van der Waals surface area contributed by atoms with Gasteiger partial charge in [-0.2, -0.15) is 0 Å². The molecule has 4 aliphatic carbocycles. The summed E-state index contributed by atoms with van der Waals surface area (Å²) in [7, 11) is 0. The van der Waals surface area contributed by atoms with Crippen molar-refractivity contribution < 1.29 is 76.0 Å². The maximum absolute atomic E-state index is 12.1. The van der Waals surface area contributed by atoms with Gasteiger partial charge < -0.3 is 56.8 Å². The van der Waals surface area contributed by atoms with Gasteiger partial charge >= 0.3 is 23.9 Å².